The molecular weight excluding hydrogens is 286 g/mol. The number of hydrogen-bond donors (Lipinski definition) is 0. The first-order valence-electron chi connectivity index (χ1n) is 7.30. The van der Waals surface area contributed by atoms with Gasteiger partial charge in [0.25, 0.3) is 0 Å². The van der Waals surface area contributed by atoms with Crippen LogP contribution in [0.25, 0.3) is 0 Å². The Balaban J connectivity index is 1.75. The van der Waals surface area contributed by atoms with Gasteiger partial charge in [-0.2, -0.15) is 0 Å². The van der Waals surface area contributed by atoms with Gasteiger partial charge in [0.2, 0.25) is 0 Å². The molecule has 0 radical (unpaired) electrons. The van der Waals surface area contributed by atoms with E-state index in [-0.39, 0.29) is 6.04 Å². The zero-order valence-corrected chi connectivity index (χ0v) is 12.4. The van der Waals surface area contributed by atoms with Crippen LogP contribution < -0.4 is 4.74 Å². The molecule has 3 nitrogen and oxygen atoms in total. The molecule has 0 N–H and O–H groups in total. The number of hydrogen-bond acceptors (Lipinski definition) is 2. The van der Waals surface area contributed by atoms with Crippen molar-refractivity contribution in [3.63, 3.8) is 0 Å². The molecule has 0 spiro atoms. The van der Waals surface area contributed by atoms with Crippen molar-refractivity contribution in [2.45, 2.75) is 6.04 Å². The van der Waals surface area contributed by atoms with E-state index in [0.717, 1.165) is 5.56 Å². The molecule has 0 saturated carbocycles. The average molecular weight is 301 g/mol. The molecule has 2 aromatic carbocycles. The molecule has 0 aliphatic carbocycles. The van der Waals surface area contributed by atoms with Gasteiger partial charge in [0.1, 0.15) is 11.8 Å². The van der Waals surface area contributed by atoms with Crippen LogP contribution in [0.3, 0.4) is 0 Å². The van der Waals surface area contributed by atoms with Crippen LogP contribution in [-0.2, 0) is 0 Å². The summed E-state index contributed by atoms with van der Waals surface area (Å²) in [6.45, 7) is 0. The highest BCUT2D eigenvalue weighted by molar-refractivity contribution is 5.73. The summed E-state index contributed by atoms with van der Waals surface area (Å²) in [6, 6.07) is 18.3. The molecule has 0 aromatic heterocycles. The molecule has 1 heterocycles. The highest BCUT2D eigenvalue weighted by Gasteiger charge is 2.21. The molecule has 23 heavy (non-hydrogen) atoms. The first-order chi connectivity index (χ1) is 11.3. The molecule has 0 fully saturated rings. The molecule has 1 atom stereocenters. The van der Waals surface area contributed by atoms with Gasteiger partial charge in [-0.15, -0.1) is 0 Å². The number of ether oxygens (including phenoxy) is 1. The van der Waals surface area contributed by atoms with Crippen LogP contribution in [0.2, 0.25) is 0 Å². The summed E-state index contributed by atoms with van der Waals surface area (Å²) in [6.07, 6.45) is 6.74. The minimum absolute atomic E-state index is 0.351. The summed E-state index contributed by atoms with van der Waals surface area (Å²) in [5.41, 5.74) is 0.909. The van der Waals surface area contributed by atoms with Crippen LogP contribution in [0.15, 0.2) is 85.1 Å². The average Bonchev–Trinajstić information content (AvgIpc) is 2.62. The third-order valence-corrected chi connectivity index (χ3v) is 3.25. The number of nitrogens with zero attached hydrogens (tertiary/aromatic N) is 1. The Bertz CT molecular complexity index is 783. The minimum Gasteiger partial charge on any atom is -0.410 e. The fraction of sp³-hybridized carbons (Fsp3) is 0.0500. The topological polar surface area (TPSA) is 29.5 Å². The molecule has 0 bridgehead atoms. The summed E-state index contributed by atoms with van der Waals surface area (Å²) in [7, 11) is 0. The molecule has 1 unspecified atom stereocenters. The fourth-order valence-electron chi connectivity index (χ4n) is 2.11. The van der Waals surface area contributed by atoms with Crippen LogP contribution in [0.4, 0.5) is 4.79 Å². The van der Waals surface area contributed by atoms with E-state index in [1.54, 1.807) is 24.4 Å². The number of carbonyl (C=O) groups is 1. The maximum absolute atomic E-state index is 12.3. The minimum atomic E-state index is -0.454. The lowest BCUT2D eigenvalue weighted by atomic mass is 10.1. The fourth-order valence-corrected chi connectivity index (χ4v) is 2.11. The number of carbonyl (C=O) groups excluding carboxylic acids is 1. The van der Waals surface area contributed by atoms with Gasteiger partial charge in [-0.1, -0.05) is 54.3 Å². The van der Waals surface area contributed by atoms with Gasteiger partial charge in [-0.25, -0.2) is 4.79 Å². The third kappa shape index (κ3) is 3.90. The summed E-state index contributed by atoms with van der Waals surface area (Å²) < 4.78 is 5.37. The lowest BCUT2D eigenvalue weighted by molar-refractivity contribution is 0.167. The van der Waals surface area contributed by atoms with E-state index in [4.69, 9.17) is 4.74 Å². The SMILES string of the molecule is O=C(Oc1ccccc1)N1C=CC=CC1C#Cc1ccccc1. The van der Waals surface area contributed by atoms with Crippen molar-refractivity contribution in [2.24, 2.45) is 0 Å². The number of benzene rings is 2. The van der Waals surface area contributed by atoms with Crippen LogP contribution >= 0.6 is 0 Å². The van der Waals surface area contributed by atoms with Gasteiger partial charge in [-0.05, 0) is 36.4 Å². The van der Waals surface area contributed by atoms with Crippen molar-refractivity contribution in [2.75, 3.05) is 0 Å². The number of para-hydroxylation sites is 1. The summed E-state index contributed by atoms with van der Waals surface area (Å²) in [5.74, 6) is 6.68. The van der Waals surface area contributed by atoms with Gasteiger partial charge >= 0.3 is 6.09 Å². The highest BCUT2D eigenvalue weighted by Crippen LogP contribution is 2.14. The van der Waals surface area contributed by atoms with Crippen molar-refractivity contribution < 1.29 is 9.53 Å². The van der Waals surface area contributed by atoms with Crippen molar-refractivity contribution in [1.29, 1.82) is 0 Å². The maximum Gasteiger partial charge on any atom is 0.420 e. The van der Waals surface area contributed by atoms with Gasteiger partial charge in [-0.3, -0.25) is 4.90 Å². The quantitative estimate of drug-likeness (QED) is 0.745. The second-order valence-corrected chi connectivity index (χ2v) is 4.89. The number of amides is 1. The normalized spacial score (nSPS) is 15.7. The van der Waals surface area contributed by atoms with Crippen molar-refractivity contribution in [3.8, 4) is 17.6 Å². The van der Waals surface area contributed by atoms with Crippen molar-refractivity contribution >= 4 is 6.09 Å². The molecular formula is C20H15NO2. The van der Waals surface area contributed by atoms with E-state index in [9.17, 15) is 4.79 Å². The van der Waals surface area contributed by atoms with Gasteiger partial charge in [0.05, 0.1) is 0 Å². The van der Waals surface area contributed by atoms with E-state index in [1.807, 2.05) is 60.7 Å². The van der Waals surface area contributed by atoms with E-state index in [1.165, 1.54) is 4.90 Å². The Morgan fingerprint density at radius 1 is 0.957 bits per heavy atom. The lowest BCUT2D eigenvalue weighted by Crippen LogP contribution is -2.37. The van der Waals surface area contributed by atoms with Crippen molar-refractivity contribution in [3.05, 3.63) is 90.7 Å². The molecule has 3 rings (SSSR count). The first kappa shape index (κ1) is 14.7. The molecule has 112 valence electrons. The standard InChI is InChI=1S/C20H15NO2/c22-20(23-19-12-5-2-6-13-19)21-16-8-7-11-18(21)15-14-17-9-3-1-4-10-17/h1-13,16,18H. The van der Waals surface area contributed by atoms with Crippen LogP contribution in [0.5, 0.6) is 5.75 Å². The predicted octanol–water partition coefficient (Wildman–Crippen LogP) is 3.99. The Hall–Kier alpha value is -3.25. The summed E-state index contributed by atoms with van der Waals surface area (Å²) >= 11 is 0. The molecule has 1 aliphatic rings. The molecule has 2 aromatic rings. The van der Waals surface area contributed by atoms with E-state index < -0.39 is 6.09 Å². The third-order valence-electron chi connectivity index (χ3n) is 3.25. The maximum atomic E-state index is 12.3. The zero-order chi connectivity index (χ0) is 15.9. The Kier molecular flexibility index (Phi) is 4.56. The molecule has 1 aliphatic heterocycles. The van der Waals surface area contributed by atoms with Crippen molar-refractivity contribution in [1.82, 2.24) is 4.90 Å². The zero-order valence-electron chi connectivity index (χ0n) is 12.4. The van der Waals surface area contributed by atoms with Gasteiger partial charge in [0.15, 0.2) is 0 Å². The van der Waals surface area contributed by atoms with Crippen LogP contribution in [0, 0.1) is 11.8 Å². The largest absolute Gasteiger partial charge is 0.420 e. The second kappa shape index (κ2) is 7.15. The molecule has 3 heteroatoms. The monoisotopic (exact) mass is 301 g/mol. The Labute approximate surface area is 135 Å². The van der Waals surface area contributed by atoms with Crippen LogP contribution in [-0.4, -0.2) is 17.0 Å². The summed E-state index contributed by atoms with van der Waals surface area (Å²) in [4.78, 5) is 13.8. The van der Waals surface area contributed by atoms with Gasteiger partial charge < -0.3 is 4.74 Å². The Morgan fingerprint density at radius 3 is 2.39 bits per heavy atom. The number of rotatable bonds is 1. The van der Waals surface area contributed by atoms with E-state index >= 15 is 0 Å². The molecule has 1 amide bonds. The lowest BCUT2D eigenvalue weighted by Gasteiger charge is -2.23. The number of allylic oxidation sites excluding steroid dienone is 2. The smallest absolute Gasteiger partial charge is 0.410 e. The van der Waals surface area contributed by atoms with Crippen LogP contribution in [0.1, 0.15) is 5.56 Å². The summed E-state index contributed by atoms with van der Waals surface area (Å²) in [5, 5.41) is 0. The van der Waals surface area contributed by atoms with E-state index in [2.05, 4.69) is 11.8 Å². The van der Waals surface area contributed by atoms with Gasteiger partial charge in [0, 0.05) is 11.8 Å². The second-order valence-electron chi connectivity index (χ2n) is 4.89. The predicted molar refractivity (Wildman–Crippen MR) is 89.7 cm³/mol. The van der Waals surface area contributed by atoms with E-state index in [0.29, 0.717) is 5.75 Å². The molecule has 0 saturated heterocycles. The highest BCUT2D eigenvalue weighted by atomic mass is 16.6. The first-order valence-corrected chi connectivity index (χ1v) is 7.30. The Morgan fingerprint density at radius 2 is 1.65 bits per heavy atom.